The number of anilines is 1. The molecule has 0 aliphatic heterocycles. The molecular formula is C14H9Cl2N5O5. The molecule has 0 aliphatic carbocycles. The average Bonchev–Trinajstić information content (AvgIpc) is 2.62. The third kappa shape index (κ3) is 4.65. The Kier molecular flexibility index (Phi) is 6.04. The van der Waals surface area contributed by atoms with Crippen LogP contribution in [0.25, 0.3) is 0 Å². The van der Waals surface area contributed by atoms with Crippen LogP contribution in [0.3, 0.4) is 0 Å². The predicted molar refractivity (Wildman–Crippen MR) is 91.6 cm³/mol. The maximum absolute atomic E-state index is 11.8. The van der Waals surface area contributed by atoms with E-state index in [1.165, 1.54) is 24.5 Å². The van der Waals surface area contributed by atoms with E-state index in [-0.39, 0.29) is 21.3 Å². The number of pyridine rings is 1. The summed E-state index contributed by atoms with van der Waals surface area (Å²) in [5, 5.41) is 12.4. The molecule has 134 valence electrons. The van der Waals surface area contributed by atoms with E-state index in [9.17, 15) is 24.5 Å². The van der Waals surface area contributed by atoms with Crippen LogP contribution < -0.4 is 16.2 Å². The molecule has 0 atom stereocenters. The second-order valence-electron chi connectivity index (χ2n) is 4.64. The molecule has 0 saturated carbocycles. The summed E-state index contributed by atoms with van der Waals surface area (Å²) in [6.07, 6.45) is 2.76. The van der Waals surface area contributed by atoms with Gasteiger partial charge in [-0.05, 0) is 18.2 Å². The molecule has 0 unspecified atom stereocenters. The van der Waals surface area contributed by atoms with Crippen LogP contribution in [0.15, 0.2) is 36.7 Å². The van der Waals surface area contributed by atoms with Gasteiger partial charge in [-0.25, -0.2) is 0 Å². The van der Waals surface area contributed by atoms with Crippen LogP contribution in [0.2, 0.25) is 10.0 Å². The van der Waals surface area contributed by atoms with Gasteiger partial charge in [0, 0.05) is 24.0 Å². The molecule has 3 amide bonds. The minimum absolute atomic E-state index is 0.108. The van der Waals surface area contributed by atoms with Crippen molar-refractivity contribution < 1.29 is 19.3 Å². The SMILES string of the molecule is O=C(NNC(=O)c1ccncc1)C(=O)Nc1cc(Cl)c([N+](=O)[O-])cc1Cl. The molecule has 0 bridgehead atoms. The molecule has 0 aliphatic rings. The number of aromatic nitrogens is 1. The number of carbonyl (C=O) groups excluding carboxylic acids is 3. The van der Waals surface area contributed by atoms with Crippen molar-refractivity contribution in [3.05, 3.63) is 62.4 Å². The highest BCUT2D eigenvalue weighted by atomic mass is 35.5. The van der Waals surface area contributed by atoms with Crippen LogP contribution in [0, 0.1) is 10.1 Å². The van der Waals surface area contributed by atoms with Gasteiger partial charge >= 0.3 is 11.8 Å². The maximum Gasteiger partial charge on any atom is 0.328 e. The van der Waals surface area contributed by atoms with Gasteiger partial charge in [-0.3, -0.25) is 40.3 Å². The highest BCUT2D eigenvalue weighted by Crippen LogP contribution is 2.33. The lowest BCUT2D eigenvalue weighted by Gasteiger charge is -2.09. The van der Waals surface area contributed by atoms with Gasteiger partial charge in [-0.2, -0.15) is 0 Å². The first kappa shape index (κ1) is 19.1. The Hall–Kier alpha value is -3.24. The zero-order valence-corrected chi connectivity index (χ0v) is 14.2. The molecule has 0 saturated heterocycles. The third-order valence-corrected chi connectivity index (χ3v) is 3.54. The fourth-order valence-electron chi connectivity index (χ4n) is 1.70. The monoisotopic (exact) mass is 397 g/mol. The first-order chi connectivity index (χ1) is 12.3. The fourth-order valence-corrected chi connectivity index (χ4v) is 2.13. The zero-order valence-electron chi connectivity index (χ0n) is 12.7. The smallest absolute Gasteiger partial charge is 0.316 e. The van der Waals surface area contributed by atoms with Gasteiger partial charge in [0.1, 0.15) is 5.02 Å². The first-order valence-corrected chi connectivity index (χ1v) is 7.50. The van der Waals surface area contributed by atoms with Crippen LogP contribution in [0.4, 0.5) is 11.4 Å². The summed E-state index contributed by atoms with van der Waals surface area (Å²) < 4.78 is 0. The lowest BCUT2D eigenvalue weighted by molar-refractivity contribution is -0.384. The molecular weight excluding hydrogens is 389 g/mol. The molecule has 10 nitrogen and oxygen atoms in total. The van der Waals surface area contributed by atoms with Crippen molar-refractivity contribution in [1.29, 1.82) is 0 Å². The number of nitro groups is 1. The Bertz CT molecular complexity index is 891. The molecule has 0 radical (unpaired) electrons. The standard InChI is InChI=1S/C14H9Cl2N5O5/c15-8-6-11(21(25)26)9(16)5-10(8)18-13(23)14(24)20-19-12(22)7-1-3-17-4-2-7/h1-6H,(H,18,23)(H,19,22)(H,20,24). The van der Waals surface area contributed by atoms with Crippen molar-refractivity contribution in [3.8, 4) is 0 Å². The molecule has 1 heterocycles. The number of nitro benzene ring substituents is 1. The van der Waals surface area contributed by atoms with Crippen LogP contribution in [-0.4, -0.2) is 27.6 Å². The summed E-state index contributed by atoms with van der Waals surface area (Å²) in [5.74, 6) is -3.03. The van der Waals surface area contributed by atoms with E-state index in [1.54, 1.807) is 0 Å². The van der Waals surface area contributed by atoms with E-state index in [2.05, 4.69) is 10.3 Å². The number of amides is 3. The fraction of sp³-hybridized carbons (Fsp3) is 0. The average molecular weight is 398 g/mol. The molecule has 2 rings (SSSR count). The van der Waals surface area contributed by atoms with Gasteiger partial charge in [0.05, 0.1) is 15.6 Å². The maximum atomic E-state index is 11.8. The normalized spacial score (nSPS) is 9.92. The van der Waals surface area contributed by atoms with Crippen LogP contribution in [-0.2, 0) is 9.59 Å². The minimum atomic E-state index is -1.20. The number of hydrogen-bond acceptors (Lipinski definition) is 6. The Morgan fingerprint density at radius 3 is 2.27 bits per heavy atom. The van der Waals surface area contributed by atoms with E-state index in [1.807, 2.05) is 10.9 Å². The van der Waals surface area contributed by atoms with Gasteiger partial charge < -0.3 is 5.32 Å². The quantitative estimate of drug-likeness (QED) is 0.408. The molecule has 2 aromatic rings. The van der Waals surface area contributed by atoms with Crippen molar-refractivity contribution in [1.82, 2.24) is 15.8 Å². The second kappa shape index (κ2) is 8.23. The molecule has 26 heavy (non-hydrogen) atoms. The summed E-state index contributed by atoms with van der Waals surface area (Å²) in [4.78, 5) is 49.0. The number of rotatable bonds is 3. The summed E-state index contributed by atoms with van der Waals surface area (Å²) in [7, 11) is 0. The number of benzene rings is 1. The summed E-state index contributed by atoms with van der Waals surface area (Å²) in [5.41, 5.74) is 3.60. The van der Waals surface area contributed by atoms with Crippen LogP contribution >= 0.6 is 23.2 Å². The summed E-state index contributed by atoms with van der Waals surface area (Å²) in [6.45, 7) is 0. The van der Waals surface area contributed by atoms with E-state index >= 15 is 0 Å². The van der Waals surface area contributed by atoms with Crippen molar-refractivity contribution in [3.63, 3.8) is 0 Å². The molecule has 3 N–H and O–H groups in total. The Morgan fingerprint density at radius 1 is 1.00 bits per heavy atom. The summed E-state index contributed by atoms with van der Waals surface area (Å²) >= 11 is 11.5. The van der Waals surface area contributed by atoms with E-state index in [0.717, 1.165) is 12.1 Å². The molecule has 12 heteroatoms. The number of hydrogen-bond donors (Lipinski definition) is 3. The predicted octanol–water partition coefficient (Wildman–Crippen LogP) is 1.70. The molecule has 0 spiro atoms. The highest BCUT2D eigenvalue weighted by molar-refractivity contribution is 6.42. The first-order valence-electron chi connectivity index (χ1n) is 6.74. The number of carbonyl (C=O) groups is 3. The Balaban J connectivity index is 1.99. The Labute approximate surface area is 155 Å². The van der Waals surface area contributed by atoms with Gasteiger partial charge in [0.15, 0.2) is 0 Å². The second-order valence-corrected chi connectivity index (χ2v) is 5.45. The van der Waals surface area contributed by atoms with E-state index in [0.29, 0.717) is 0 Å². The summed E-state index contributed by atoms with van der Waals surface area (Å²) in [6, 6.07) is 4.77. The number of hydrazine groups is 1. The van der Waals surface area contributed by atoms with Gasteiger partial charge in [-0.1, -0.05) is 23.2 Å². The minimum Gasteiger partial charge on any atom is -0.316 e. The van der Waals surface area contributed by atoms with Gasteiger partial charge in [0.2, 0.25) is 0 Å². The van der Waals surface area contributed by atoms with Gasteiger partial charge in [0.25, 0.3) is 11.6 Å². The van der Waals surface area contributed by atoms with Crippen molar-refractivity contribution in [2.45, 2.75) is 0 Å². The van der Waals surface area contributed by atoms with Crippen LogP contribution in [0.1, 0.15) is 10.4 Å². The van der Waals surface area contributed by atoms with Crippen LogP contribution in [0.5, 0.6) is 0 Å². The number of nitrogens with one attached hydrogen (secondary N) is 3. The lowest BCUT2D eigenvalue weighted by atomic mass is 10.2. The lowest BCUT2D eigenvalue weighted by Crippen LogP contribution is -2.46. The highest BCUT2D eigenvalue weighted by Gasteiger charge is 2.20. The van der Waals surface area contributed by atoms with Crippen molar-refractivity contribution >= 4 is 52.3 Å². The van der Waals surface area contributed by atoms with Crippen molar-refractivity contribution in [2.75, 3.05) is 5.32 Å². The molecule has 1 aromatic carbocycles. The number of nitrogens with zero attached hydrogens (tertiary/aromatic N) is 2. The zero-order chi connectivity index (χ0) is 19.3. The Morgan fingerprint density at radius 2 is 1.65 bits per heavy atom. The largest absolute Gasteiger partial charge is 0.328 e. The number of halogens is 2. The van der Waals surface area contributed by atoms with Crippen molar-refractivity contribution in [2.24, 2.45) is 0 Å². The topological polar surface area (TPSA) is 143 Å². The molecule has 1 aromatic heterocycles. The van der Waals surface area contributed by atoms with Gasteiger partial charge in [-0.15, -0.1) is 0 Å². The third-order valence-electron chi connectivity index (χ3n) is 2.92. The molecule has 0 fully saturated rings. The van der Waals surface area contributed by atoms with E-state index < -0.39 is 28.3 Å². The van der Waals surface area contributed by atoms with E-state index in [4.69, 9.17) is 23.2 Å².